The molecule has 2 rings (SSSR count). The first-order valence-corrected chi connectivity index (χ1v) is 8.58. The molecule has 2 atom stereocenters. The first kappa shape index (κ1) is 16.6. The van der Waals surface area contributed by atoms with Crippen LogP contribution in [0.15, 0.2) is 18.2 Å². The fourth-order valence-corrected chi connectivity index (χ4v) is 3.60. The topological polar surface area (TPSA) is 15.3 Å². The van der Waals surface area contributed by atoms with Crippen molar-refractivity contribution in [2.24, 2.45) is 17.8 Å². The van der Waals surface area contributed by atoms with Crippen LogP contribution in [0, 0.1) is 17.8 Å². The van der Waals surface area contributed by atoms with Crippen LogP contribution in [0.4, 0.5) is 5.69 Å². The highest BCUT2D eigenvalue weighted by Crippen LogP contribution is 2.32. The van der Waals surface area contributed by atoms with Crippen LogP contribution in [0.1, 0.15) is 39.7 Å². The highest BCUT2D eigenvalue weighted by Gasteiger charge is 2.24. The van der Waals surface area contributed by atoms with Gasteiger partial charge >= 0.3 is 0 Å². The zero-order valence-electron chi connectivity index (χ0n) is 13.8. The second-order valence-electron chi connectivity index (χ2n) is 7.11. The maximum absolute atomic E-state index is 6.47. The average molecular weight is 309 g/mol. The predicted octanol–water partition coefficient (Wildman–Crippen LogP) is 4.57. The Morgan fingerprint density at radius 1 is 1.24 bits per heavy atom. The number of piperidine rings is 1. The molecule has 1 fully saturated rings. The lowest BCUT2D eigenvalue weighted by molar-refractivity contribution is 0.356. The van der Waals surface area contributed by atoms with E-state index in [2.05, 4.69) is 50.0 Å². The number of rotatable bonds is 5. The van der Waals surface area contributed by atoms with Gasteiger partial charge in [0.25, 0.3) is 0 Å². The Bertz CT molecular complexity index is 449. The fourth-order valence-electron chi connectivity index (χ4n) is 3.36. The summed E-state index contributed by atoms with van der Waals surface area (Å²) in [5, 5.41) is 4.42. The molecule has 2 unspecified atom stereocenters. The highest BCUT2D eigenvalue weighted by molar-refractivity contribution is 6.31. The lowest BCUT2D eigenvalue weighted by atomic mass is 9.91. The van der Waals surface area contributed by atoms with Gasteiger partial charge in [-0.05, 0) is 42.9 Å². The molecule has 21 heavy (non-hydrogen) atoms. The van der Waals surface area contributed by atoms with Crippen LogP contribution >= 0.6 is 11.6 Å². The van der Waals surface area contributed by atoms with E-state index in [1.165, 1.54) is 17.7 Å². The smallest absolute Gasteiger partial charge is 0.0471 e. The Balaban J connectivity index is 2.16. The molecule has 0 aliphatic carbocycles. The minimum absolute atomic E-state index is 0.658. The Labute approximate surface area is 134 Å². The molecule has 1 aromatic carbocycles. The SMILES string of the molecule is CC(C)CNCc1c(Cl)cccc1N1CC(C)CC(C)C1. The van der Waals surface area contributed by atoms with E-state index in [4.69, 9.17) is 11.6 Å². The second kappa shape index (κ2) is 7.51. The van der Waals surface area contributed by atoms with Gasteiger partial charge in [0, 0.05) is 35.9 Å². The predicted molar refractivity (Wildman–Crippen MR) is 93.2 cm³/mol. The van der Waals surface area contributed by atoms with Crippen molar-refractivity contribution in [3.63, 3.8) is 0 Å². The molecule has 0 radical (unpaired) electrons. The van der Waals surface area contributed by atoms with Gasteiger partial charge in [-0.3, -0.25) is 0 Å². The number of anilines is 1. The van der Waals surface area contributed by atoms with Crippen molar-refractivity contribution in [2.45, 2.75) is 40.7 Å². The standard InChI is InChI=1S/C18H29ClN2/c1-13(2)9-20-10-16-17(19)6-5-7-18(16)21-11-14(3)8-15(4)12-21/h5-7,13-15,20H,8-12H2,1-4H3. The summed E-state index contributed by atoms with van der Waals surface area (Å²) in [6, 6.07) is 6.31. The molecule has 3 heteroatoms. The molecule has 1 heterocycles. The molecule has 0 spiro atoms. The lowest BCUT2D eigenvalue weighted by Crippen LogP contribution is -2.39. The summed E-state index contributed by atoms with van der Waals surface area (Å²) >= 11 is 6.47. The normalized spacial score (nSPS) is 22.9. The number of hydrogen-bond acceptors (Lipinski definition) is 2. The molecular formula is C18H29ClN2. The van der Waals surface area contributed by atoms with Crippen molar-refractivity contribution in [1.82, 2.24) is 5.32 Å². The molecular weight excluding hydrogens is 280 g/mol. The molecule has 0 aromatic heterocycles. The Kier molecular flexibility index (Phi) is 5.95. The van der Waals surface area contributed by atoms with Crippen LogP contribution in [0.3, 0.4) is 0 Å². The van der Waals surface area contributed by atoms with E-state index in [0.717, 1.165) is 43.0 Å². The van der Waals surface area contributed by atoms with Gasteiger partial charge < -0.3 is 10.2 Å². The van der Waals surface area contributed by atoms with Gasteiger partial charge in [0.15, 0.2) is 0 Å². The van der Waals surface area contributed by atoms with Crippen molar-refractivity contribution in [2.75, 3.05) is 24.5 Å². The number of halogens is 1. The average Bonchev–Trinajstić information content (AvgIpc) is 2.39. The summed E-state index contributed by atoms with van der Waals surface area (Å²) in [6.07, 6.45) is 1.33. The fraction of sp³-hybridized carbons (Fsp3) is 0.667. The van der Waals surface area contributed by atoms with E-state index < -0.39 is 0 Å². The summed E-state index contributed by atoms with van der Waals surface area (Å²) < 4.78 is 0. The summed E-state index contributed by atoms with van der Waals surface area (Å²) in [6.45, 7) is 13.3. The van der Waals surface area contributed by atoms with E-state index >= 15 is 0 Å². The molecule has 0 bridgehead atoms. The number of hydrogen-bond donors (Lipinski definition) is 1. The largest absolute Gasteiger partial charge is 0.371 e. The van der Waals surface area contributed by atoms with Gasteiger partial charge in [-0.1, -0.05) is 45.4 Å². The van der Waals surface area contributed by atoms with Crippen LogP contribution in [-0.4, -0.2) is 19.6 Å². The Morgan fingerprint density at radius 3 is 2.52 bits per heavy atom. The van der Waals surface area contributed by atoms with Crippen LogP contribution in [0.25, 0.3) is 0 Å². The van der Waals surface area contributed by atoms with Crippen molar-refractivity contribution in [1.29, 1.82) is 0 Å². The van der Waals surface area contributed by atoms with Crippen molar-refractivity contribution < 1.29 is 0 Å². The monoisotopic (exact) mass is 308 g/mol. The third-order valence-corrected chi connectivity index (χ3v) is 4.51. The summed E-state index contributed by atoms with van der Waals surface area (Å²) in [5.74, 6) is 2.17. The molecule has 1 aliphatic rings. The Hall–Kier alpha value is -0.730. The minimum Gasteiger partial charge on any atom is -0.371 e. The van der Waals surface area contributed by atoms with Gasteiger partial charge in [-0.2, -0.15) is 0 Å². The molecule has 0 saturated carbocycles. The van der Waals surface area contributed by atoms with Crippen LogP contribution in [0.2, 0.25) is 5.02 Å². The van der Waals surface area contributed by atoms with Crippen molar-refractivity contribution in [3.05, 3.63) is 28.8 Å². The van der Waals surface area contributed by atoms with Gasteiger partial charge in [-0.15, -0.1) is 0 Å². The molecule has 1 saturated heterocycles. The van der Waals surface area contributed by atoms with Crippen LogP contribution in [-0.2, 0) is 6.54 Å². The van der Waals surface area contributed by atoms with Gasteiger partial charge in [0.2, 0.25) is 0 Å². The second-order valence-corrected chi connectivity index (χ2v) is 7.52. The first-order valence-electron chi connectivity index (χ1n) is 8.20. The first-order chi connectivity index (χ1) is 9.97. The van der Waals surface area contributed by atoms with Gasteiger partial charge in [0.1, 0.15) is 0 Å². The molecule has 2 nitrogen and oxygen atoms in total. The molecule has 118 valence electrons. The molecule has 1 aromatic rings. The summed E-state index contributed by atoms with van der Waals surface area (Å²) in [7, 11) is 0. The Morgan fingerprint density at radius 2 is 1.90 bits per heavy atom. The van der Waals surface area contributed by atoms with Crippen LogP contribution in [0.5, 0.6) is 0 Å². The summed E-state index contributed by atoms with van der Waals surface area (Å²) in [5.41, 5.74) is 2.57. The van der Waals surface area contributed by atoms with E-state index in [9.17, 15) is 0 Å². The third kappa shape index (κ3) is 4.62. The van der Waals surface area contributed by atoms with E-state index in [1.54, 1.807) is 0 Å². The zero-order valence-corrected chi connectivity index (χ0v) is 14.6. The lowest BCUT2D eigenvalue weighted by Gasteiger charge is -2.38. The quantitative estimate of drug-likeness (QED) is 0.857. The van der Waals surface area contributed by atoms with Crippen LogP contribution < -0.4 is 10.2 Å². The highest BCUT2D eigenvalue weighted by atomic mass is 35.5. The third-order valence-electron chi connectivity index (χ3n) is 4.16. The molecule has 1 N–H and O–H groups in total. The van der Waals surface area contributed by atoms with Gasteiger partial charge in [-0.25, -0.2) is 0 Å². The van der Waals surface area contributed by atoms with Gasteiger partial charge in [0.05, 0.1) is 0 Å². The maximum atomic E-state index is 6.47. The zero-order chi connectivity index (χ0) is 15.4. The van der Waals surface area contributed by atoms with E-state index in [1.807, 2.05) is 6.07 Å². The minimum atomic E-state index is 0.658. The van der Waals surface area contributed by atoms with E-state index in [0.29, 0.717) is 5.92 Å². The van der Waals surface area contributed by atoms with E-state index in [-0.39, 0.29) is 0 Å². The number of benzene rings is 1. The maximum Gasteiger partial charge on any atom is 0.0471 e. The van der Waals surface area contributed by atoms with Crippen molar-refractivity contribution >= 4 is 17.3 Å². The van der Waals surface area contributed by atoms with Crippen molar-refractivity contribution in [3.8, 4) is 0 Å². The summed E-state index contributed by atoms with van der Waals surface area (Å²) in [4.78, 5) is 2.52. The number of nitrogens with zero attached hydrogens (tertiary/aromatic N) is 1. The molecule has 0 amide bonds. The molecule has 1 aliphatic heterocycles. The number of nitrogens with one attached hydrogen (secondary N) is 1.